The van der Waals surface area contributed by atoms with Gasteiger partial charge in [-0.1, -0.05) is 6.92 Å². The summed E-state index contributed by atoms with van der Waals surface area (Å²) in [5.74, 6) is 1.89. The van der Waals surface area contributed by atoms with Crippen molar-refractivity contribution in [2.75, 3.05) is 7.11 Å². The molecule has 0 unspecified atom stereocenters. The molecule has 0 radical (unpaired) electrons. The Morgan fingerprint density at radius 2 is 1.77 bits per heavy atom. The lowest BCUT2D eigenvalue weighted by atomic mass is 10.1. The Balaban J connectivity index is 1.82. The molecule has 1 atom stereocenters. The molecule has 5 heteroatoms. The van der Waals surface area contributed by atoms with E-state index in [2.05, 4.69) is 57.5 Å². The zero-order valence-corrected chi connectivity index (χ0v) is 15.7. The van der Waals surface area contributed by atoms with Crippen LogP contribution in [0.3, 0.4) is 0 Å². The second-order valence-electron chi connectivity index (χ2n) is 6.43. The molecule has 2 heterocycles. The van der Waals surface area contributed by atoms with Gasteiger partial charge >= 0.3 is 0 Å². The first kappa shape index (κ1) is 18.1. The quantitative estimate of drug-likeness (QED) is 0.614. The summed E-state index contributed by atoms with van der Waals surface area (Å²) in [6.45, 7) is 6.16. The fourth-order valence-electron chi connectivity index (χ4n) is 2.96. The number of pyridine rings is 1. The third-order valence-corrected chi connectivity index (χ3v) is 4.76. The van der Waals surface area contributed by atoms with Crippen LogP contribution in [0.15, 0.2) is 61.2 Å². The van der Waals surface area contributed by atoms with Crippen LogP contribution in [0.25, 0.3) is 5.69 Å². The van der Waals surface area contributed by atoms with E-state index in [1.807, 2.05) is 36.9 Å². The molecule has 0 aliphatic rings. The minimum atomic E-state index is 0.462. The van der Waals surface area contributed by atoms with Crippen LogP contribution in [0.5, 0.6) is 5.75 Å². The van der Waals surface area contributed by atoms with Crippen molar-refractivity contribution in [3.63, 3.8) is 0 Å². The van der Waals surface area contributed by atoms with Gasteiger partial charge in [0.05, 0.1) is 13.7 Å². The smallest absolute Gasteiger partial charge is 0.127 e. The standard InChI is InChI=1S/C21H26N4O/c1-4-17(2)24(15-18-9-11-22-12-10-18)16-21-23-13-14-25(21)19-5-7-20(26-3)8-6-19/h5-14,17H,4,15-16H2,1-3H3/t17-/m1/s1. The van der Waals surface area contributed by atoms with Gasteiger partial charge in [0.25, 0.3) is 0 Å². The van der Waals surface area contributed by atoms with Gasteiger partial charge in [-0.15, -0.1) is 0 Å². The molecule has 0 saturated heterocycles. The maximum absolute atomic E-state index is 5.26. The highest BCUT2D eigenvalue weighted by molar-refractivity contribution is 5.38. The zero-order chi connectivity index (χ0) is 18.4. The van der Waals surface area contributed by atoms with Crippen LogP contribution in [0.1, 0.15) is 31.7 Å². The normalized spacial score (nSPS) is 12.3. The van der Waals surface area contributed by atoms with E-state index in [9.17, 15) is 0 Å². The van der Waals surface area contributed by atoms with Crippen molar-refractivity contribution in [1.82, 2.24) is 19.4 Å². The molecule has 0 spiro atoms. The summed E-state index contributed by atoms with van der Waals surface area (Å²) in [4.78, 5) is 11.2. The third-order valence-electron chi connectivity index (χ3n) is 4.76. The molecule has 0 bridgehead atoms. The topological polar surface area (TPSA) is 43.2 Å². The maximum Gasteiger partial charge on any atom is 0.127 e. The third kappa shape index (κ3) is 4.29. The molecule has 0 aliphatic heterocycles. The first-order chi connectivity index (χ1) is 12.7. The Labute approximate surface area is 155 Å². The van der Waals surface area contributed by atoms with E-state index >= 15 is 0 Å². The van der Waals surface area contributed by atoms with Gasteiger partial charge in [-0.3, -0.25) is 9.88 Å². The second-order valence-corrected chi connectivity index (χ2v) is 6.43. The largest absolute Gasteiger partial charge is 0.497 e. The summed E-state index contributed by atoms with van der Waals surface area (Å²) in [6, 6.07) is 12.7. The molecule has 26 heavy (non-hydrogen) atoms. The van der Waals surface area contributed by atoms with Crippen molar-refractivity contribution < 1.29 is 4.74 Å². The number of aromatic nitrogens is 3. The first-order valence-electron chi connectivity index (χ1n) is 9.01. The molecule has 3 rings (SSSR count). The van der Waals surface area contributed by atoms with E-state index in [-0.39, 0.29) is 0 Å². The van der Waals surface area contributed by atoms with E-state index in [1.54, 1.807) is 7.11 Å². The Kier molecular flexibility index (Phi) is 6.02. The van der Waals surface area contributed by atoms with Gasteiger partial charge in [0.1, 0.15) is 11.6 Å². The minimum absolute atomic E-state index is 0.462. The van der Waals surface area contributed by atoms with Gasteiger partial charge < -0.3 is 9.30 Å². The van der Waals surface area contributed by atoms with Gasteiger partial charge in [-0.05, 0) is 55.3 Å². The molecule has 2 aromatic heterocycles. The van der Waals surface area contributed by atoms with E-state index in [4.69, 9.17) is 4.74 Å². The lowest BCUT2D eigenvalue weighted by Gasteiger charge is -2.28. The highest BCUT2D eigenvalue weighted by Gasteiger charge is 2.16. The van der Waals surface area contributed by atoms with Crippen LogP contribution in [-0.2, 0) is 13.1 Å². The number of nitrogens with zero attached hydrogens (tertiary/aromatic N) is 4. The van der Waals surface area contributed by atoms with E-state index in [0.717, 1.165) is 36.8 Å². The molecule has 3 aromatic rings. The number of rotatable bonds is 8. The monoisotopic (exact) mass is 350 g/mol. The molecule has 0 fully saturated rings. The van der Waals surface area contributed by atoms with Crippen molar-refractivity contribution in [3.8, 4) is 11.4 Å². The predicted molar refractivity (Wildman–Crippen MR) is 103 cm³/mol. The lowest BCUT2D eigenvalue weighted by Crippen LogP contribution is -2.32. The van der Waals surface area contributed by atoms with Gasteiger partial charge in [0.15, 0.2) is 0 Å². The molecule has 136 valence electrons. The molecule has 0 aliphatic carbocycles. The molecular formula is C21H26N4O. The Bertz CT molecular complexity index is 798. The Hall–Kier alpha value is -2.66. The molecule has 0 amide bonds. The fraction of sp³-hybridized carbons (Fsp3) is 0.333. The zero-order valence-electron chi connectivity index (χ0n) is 15.7. The van der Waals surface area contributed by atoms with E-state index < -0.39 is 0 Å². The summed E-state index contributed by atoms with van der Waals surface area (Å²) < 4.78 is 7.40. The molecular weight excluding hydrogens is 324 g/mol. The summed E-state index contributed by atoms with van der Waals surface area (Å²) in [6.07, 6.45) is 8.67. The Morgan fingerprint density at radius 1 is 1.04 bits per heavy atom. The number of hydrogen-bond donors (Lipinski definition) is 0. The maximum atomic E-state index is 5.26. The van der Waals surface area contributed by atoms with Gasteiger partial charge in [-0.25, -0.2) is 4.98 Å². The molecule has 0 N–H and O–H groups in total. The van der Waals surface area contributed by atoms with Gasteiger partial charge in [-0.2, -0.15) is 0 Å². The number of hydrogen-bond acceptors (Lipinski definition) is 4. The number of imidazole rings is 1. The van der Waals surface area contributed by atoms with Crippen molar-refractivity contribution >= 4 is 0 Å². The van der Waals surface area contributed by atoms with Crippen molar-refractivity contribution in [1.29, 1.82) is 0 Å². The van der Waals surface area contributed by atoms with Crippen LogP contribution >= 0.6 is 0 Å². The number of ether oxygens (including phenoxy) is 1. The summed E-state index contributed by atoms with van der Waals surface area (Å²) >= 11 is 0. The average molecular weight is 350 g/mol. The van der Waals surface area contributed by atoms with Crippen molar-refractivity contribution in [2.24, 2.45) is 0 Å². The molecule has 5 nitrogen and oxygen atoms in total. The van der Waals surface area contributed by atoms with E-state index in [0.29, 0.717) is 6.04 Å². The summed E-state index contributed by atoms with van der Waals surface area (Å²) in [5, 5.41) is 0. The lowest BCUT2D eigenvalue weighted by molar-refractivity contribution is 0.180. The fourth-order valence-corrected chi connectivity index (χ4v) is 2.96. The van der Waals surface area contributed by atoms with Gasteiger partial charge in [0.2, 0.25) is 0 Å². The first-order valence-corrected chi connectivity index (χ1v) is 9.01. The van der Waals surface area contributed by atoms with Gasteiger partial charge in [0, 0.05) is 43.1 Å². The summed E-state index contributed by atoms with van der Waals surface area (Å²) in [5.41, 5.74) is 2.36. The highest BCUT2D eigenvalue weighted by Crippen LogP contribution is 2.19. The summed E-state index contributed by atoms with van der Waals surface area (Å²) in [7, 11) is 1.68. The highest BCUT2D eigenvalue weighted by atomic mass is 16.5. The van der Waals surface area contributed by atoms with Crippen molar-refractivity contribution in [2.45, 2.75) is 39.4 Å². The van der Waals surface area contributed by atoms with Crippen LogP contribution in [0.2, 0.25) is 0 Å². The second kappa shape index (κ2) is 8.63. The predicted octanol–water partition coefficient (Wildman–Crippen LogP) is 4.08. The SMILES string of the molecule is CC[C@@H](C)N(Cc1ccncc1)Cc1nccn1-c1ccc(OC)cc1. The van der Waals surface area contributed by atoms with Crippen molar-refractivity contribution in [3.05, 3.63) is 72.6 Å². The molecule has 1 aromatic carbocycles. The minimum Gasteiger partial charge on any atom is -0.497 e. The van der Waals surface area contributed by atoms with E-state index in [1.165, 1.54) is 5.56 Å². The molecule has 0 saturated carbocycles. The van der Waals surface area contributed by atoms with Crippen LogP contribution in [-0.4, -0.2) is 32.6 Å². The number of benzene rings is 1. The van der Waals surface area contributed by atoms with Crippen LogP contribution in [0.4, 0.5) is 0 Å². The Morgan fingerprint density at radius 3 is 2.42 bits per heavy atom. The number of methoxy groups -OCH3 is 1. The van der Waals surface area contributed by atoms with Crippen LogP contribution in [0, 0.1) is 0 Å². The van der Waals surface area contributed by atoms with Crippen LogP contribution < -0.4 is 4.74 Å². The average Bonchev–Trinajstić information content (AvgIpc) is 3.16.